The summed E-state index contributed by atoms with van der Waals surface area (Å²) >= 11 is 0. The molecule has 2 aromatic heterocycles. The molecule has 0 saturated carbocycles. The van der Waals surface area contributed by atoms with Gasteiger partial charge in [0, 0.05) is 6.54 Å². The van der Waals surface area contributed by atoms with Crippen molar-refractivity contribution in [1.82, 2.24) is 30.2 Å². The van der Waals surface area contributed by atoms with Crippen LogP contribution in [0, 0.1) is 5.92 Å². The molecule has 9 nitrogen and oxygen atoms in total. The quantitative estimate of drug-likeness (QED) is 0.304. The molecule has 3 heterocycles. The lowest BCUT2D eigenvalue weighted by Crippen LogP contribution is -2.51. The Hall–Kier alpha value is -4.66. The topological polar surface area (TPSA) is 116 Å². The number of benzene rings is 2. The van der Waals surface area contributed by atoms with Crippen LogP contribution in [-0.2, 0) is 9.53 Å². The number of ether oxygens (including phenoxy) is 1. The van der Waals surface area contributed by atoms with E-state index in [0.29, 0.717) is 12.4 Å². The van der Waals surface area contributed by atoms with Gasteiger partial charge in [-0.1, -0.05) is 74.5 Å². The van der Waals surface area contributed by atoms with Crippen LogP contribution in [-0.4, -0.2) is 56.5 Å². The molecule has 1 aliphatic heterocycles. The van der Waals surface area contributed by atoms with Crippen LogP contribution < -0.4 is 5.32 Å². The number of nitrogens with one attached hydrogen (secondary N) is 3. The molecule has 0 saturated heterocycles. The van der Waals surface area contributed by atoms with Crippen LogP contribution in [0.5, 0.6) is 0 Å². The first-order valence-electron chi connectivity index (χ1n) is 12.5. The van der Waals surface area contributed by atoms with E-state index in [4.69, 9.17) is 4.74 Å². The molecule has 0 aliphatic carbocycles. The summed E-state index contributed by atoms with van der Waals surface area (Å²) in [5.41, 5.74) is 6.16. The van der Waals surface area contributed by atoms with Crippen molar-refractivity contribution in [2.75, 3.05) is 13.7 Å². The minimum Gasteiger partial charge on any atom is -0.453 e. The highest BCUT2D eigenvalue weighted by Gasteiger charge is 2.35. The van der Waals surface area contributed by atoms with Gasteiger partial charge in [0.15, 0.2) is 0 Å². The van der Waals surface area contributed by atoms with E-state index in [0.717, 1.165) is 33.6 Å². The Labute approximate surface area is 221 Å². The van der Waals surface area contributed by atoms with Crippen molar-refractivity contribution in [3.8, 4) is 33.6 Å². The lowest BCUT2D eigenvalue weighted by atomic mass is 10.0. The summed E-state index contributed by atoms with van der Waals surface area (Å²) in [6.45, 7) is 4.22. The number of methoxy groups -OCH3 is 1. The summed E-state index contributed by atoms with van der Waals surface area (Å²) in [4.78, 5) is 42.0. The van der Waals surface area contributed by atoms with Gasteiger partial charge in [0.05, 0.1) is 37.2 Å². The highest BCUT2D eigenvalue weighted by atomic mass is 16.5. The Morgan fingerprint density at radius 3 is 2.18 bits per heavy atom. The molecule has 3 N–H and O–H groups in total. The standard InChI is InChI=1S/C29H30N6O3/c1-18(2)26(34-29(37)38-3)28(36)35-14-4-5-25(35)27-31-16-24(33-27)22-12-8-20(9-13-22)19-6-10-21(11-7-19)23-15-30-17-32-23/h4-13,15-18,25-26H,14H2,1-3H3,(H,30,32)(H,31,33)(H,34,37)/t25-,26?/m0/s1. The Kier molecular flexibility index (Phi) is 7.08. The van der Waals surface area contributed by atoms with Gasteiger partial charge in [-0.2, -0.15) is 0 Å². The van der Waals surface area contributed by atoms with Gasteiger partial charge < -0.3 is 24.9 Å². The van der Waals surface area contributed by atoms with Crippen LogP contribution in [0.4, 0.5) is 4.79 Å². The van der Waals surface area contributed by atoms with E-state index >= 15 is 0 Å². The van der Waals surface area contributed by atoms with Crippen molar-refractivity contribution >= 4 is 12.0 Å². The number of imidazole rings is 2. The smallest absolute Gasteiger partial charge is 0.407 e. The van der Waals surface area contributed by atoms with Crippen LogP contribution in [0.3, 0.4) is 0 Å². The number of aromatic nitrogens is 4. The molecule has 2 atom stereocenters. The van der Waals surface area contributed by atoms with Gasteiger partial charge >= 0.3 is 6.09 Å². The van der Waals surface area contributed by atoms with Crippen LogP contribution in [0.2, 0.25) is 0 Å². The third-order valence-corrected chi connectivity index (χ3v) is 6.73. The molecular weight excluding hydrogens is 480 g/mol. The second kappa shape index (κ2) is 10.8. The van der Waals surface area contributed by atoms with Crippen molar-refractivity contribution in [1.29, 1.82) is 0 Å². The zero-order chi connectivity index (χ0) is 26.6. The van der Waals surface area contributed by atoms with E-state index in [-0.39, 0.29) is 17.9 Å². The molecule has 5 rings (SSSR count). The molecular formula is C29H30N6O3. The Bertz CT molecular complexity index is 1420. The fraction of sp³-hybridized carbons (Fsp3) is 0.241. The molecule has 0 fully saturated rings. The van der Waals surface area contributed by atoms with E-state index in [1.54, 1.807) is 23.6 Å². The van der Waals surface area contributed by atoms with Crippen LogP contribution >= 0.6 is 0 Å². The van der Waals surface area contributed by atoms with Gasteiger partial charge in [-0.05, 0) is 28.2 Å². The summed E-state index contributed by atoms with van der Waals surface area (Å²) in [7, 11) is 1.28. The van der Waals surface area contributed by atoms with Gasteiger partial charge in [0.1, 0.15) is 17.9 Å². The van der Waals surface area contributed by atoms with Gasteiger partial charge in [-0.3, -0.25) is 4.79 Å². The molecule has 194 valence electrons. The molecule has 0 bridgehead atoms. The largest absolute Gasteiger partial charge is 0.453 e. The normalized spacial score (nSPS) is 15.6. The first kappa shape index (κ1) is 25.0. The Morgan fingerprint density at radius 2 is 1.61 bits per heavy atom. The van der Waals surface area contributed by atoms with E-state index in [9.17, 15) is 9.59 Å². The van der Waals surface area contributed by atoms with Crippen molar-refractivity contribution in [3.05, 3.63) is 85.2 Å². The highest BCUT2D eigenvalue weighted by Crippen LogP contribution is 2.30. The van der Waals surface area contributed by atoms with Crippen LogP contribution in [0.15, 0.2) is 79.4 Å². The molecule has 4 aromatic rings. The summed E-state index contributed by atoms with van der Waals surface area (Å²) in [6.07, 6.45) is 8.52. The molecule has 0 radical (unpaired) electrons. The number of amides is 2. The lowest BCUT2D eigenvalue weighted by Gasteiger charge is -2.29. The number of hydrogen-bond donors (Lipinski definition) is 3. The van der Waals surface area contributed by atoms with Crippen molar-refractivity contribution < 1.29 is 14.3 Å². The number of alkyl carbamates (subject to hydrolysis) is 1. The number of nitrogens with zero attached hydrogens (tertiary/aromatic N) is 3. The van der Waals surface area contributed by atoms with E-state index < -0.39 is 12.1 Å². The molecule has 0 spiro atoms. The first-order chi connectivity index (χ1) is 18.4. The maximum atomic E-state index is 13.3. The number of H-pyrrole nitrogens is 2. The Balaban J connectivity index is 1.30. The van der Waals surface area contributed by atoms with Crippen molar-refractivity contribution in [2.45, 2.75) is 25.9 Å². The summed E-state index contributed by atoms with van der Waals surface area (Å²) in [6, 6.07) is 15.6. The monoisotopic (exact) mass is 510 g/mol. The summed E-state index contributed by atoms with van der Waals surface area (Å²) < 4.78 is 4.71. The zero-order valence-corrected chi connectivity index (χ0v) is 21.5. The fourth-order valence-corrected chi connectivity index (χ4v) is 4.60. The minimum atomic E-state index is -0.694. The molecule has 1 aliphatic rings. The van der Waals surface area contributed by atoms with Crippen molar-refractivity contribution in [3.63, 3.8) is 0 Å². The number of hydrogen-bond acceptors (Lipinski definition) is 5. The van der Waals surface area contributed by atoms with Gasteiger partial charge in [-0.25, -0.2) is 14.8 Å². The van der Waals surface area contributed by atoms with Gasteiger partial charge in [0.2, 0.25) is 5.91 Å². The Morgan fingerprint density at radius 1 is 0.974 bits per heavy atom. The van der Waals surface area contributed by atoms with Gasteiger partial charge in [-0.15, -0.1) is 0 Å². The number of carbonyl (C=O) groups excluding carboxylic acids is 2. The highest BCUT2D eigenvalue weighted by molar-refractivity contribution is 5.87. The molecule has 2 aromatic carbocycles. The number of rotatable bonds is 7. The third kappa shape index (κ3) is 5.08. The van der Waals surface area contributed by atoms with Crippen LogP contribution in [0.1, 0.15) is 25.7 Å². The average molecular weight is 511 g/mol. The predicted molar refractivity (Wildman–Crippen MR) is 145 cm³/mol. The van der Waals surface area contributed by atoms with Crippen LogP contribution in [0.25, 0.3) is 33.6 Å². The van der Waals surface area contributed by atoms with E-state index in [2.05, 4.69) is 73.8 Å². The summed E-state index contributed by atoms with van der Waals surface area (Å²) in [5.74, 6) is 0.387. The molecule has 2 amide bonds. The zero-order valence-electron chi connectivity index (χ0n) is 21.5. The second-order valence-corrected chi connectivity index (χ2v) is 9.52. The molecule has 9 heteroatoms. The third-order valence-electron chi connectivity index (χ3n) is 6.73. The molecule has 38 heavy (non-hydrogen) atoms. The predicted octanol–water partition coefficient (Wildman–Crippen LogP) is 4.95. The second-order valence-electron chi connectivity index (χ2n) is 9.52. The van der Waals surface area contributed by atoms with Gasteiger partial charge in [0.25, 0.3) is 0 Å². The van der Waals surface area contributed by atoms with E-state index in [1.807, 2.05) is 26.0 Å². The number of carbonyl (C=O) groups is 2. The fourth-order valence-electron chi connectivity index (χ4n) is 4.60. The minimum absolute atomic E-state index is 0.102. The number of aromatic amines is 2. The first-order valence-corrected chi connectivity index (χ1v) is 12.5. The maximum absolute atomic E-state index is 13.3. The molecule has 1 unspecified atom stereocenters. The average Bonchev–Trinajstić information content (AvgIpc) is 3.73. The van der Waals surface area contributed by atoms with E-state index in [1.165, 1.54) is 7.11 Å². The maximum Gasteiger partial charge on any atom is 0.407 e. The van der Waals surface area contributed by atoms with Crippen molar-refractivity contribution in [2.24, 2.45) is 5.92 Å². The summed E-state index contributed by atoms with van der Waals surface area (Å²) in [5, 5.41) is 2.66. The SMILES string of the molecule is COC(=O)NC(C(=O)N1CC=C[C@H]1c1ncc(-c2ccc(-c3ccc(-c4cnc[nH]4)cc3)cc2)[nH]1)C(C)C. The lowest BCUT2D eigenvalue weighted by molar-refractivity contribution is -0.135.